The molecule has 2 N–H and O–H groups in total. The maximum absolute atomic E-state index is 13.1. The zero-order chi connectivity index (χ0) is 23.2. The van der Waals surface area contributed by atoms with Crippen LogP contribution in [0.25, 0.3) is 0 Å². The number of esters is 1. The molecule has 1 heterocycles. The van der Waals surface area contributed by atoms with Crippen molar-refractivity contribution in [3.05, 3.63) is 41.4 Å². The van der Waals surface area contributed by atoms with E-state index < -0.39 is 34.5 Å². The van der Waals surface area contributed by atoms with Crippen LogP contribution >= 0.6 is 11.6 Å². The van der Waals surface area contributed by atoms with Gasteiger partial charge in [-0.05, 0) is 32.0 Å². The number of nitrogens with one attached hydrogen (secondary N) is 2. The molecule has 0 aromatic heterocycles. The van der Waals surface area contributed by atoms with E-state index in [2.05, 4.69) is 11.9 Å². The highest BCUT2D eigenvalue weighted by Gasteiger charge is 2.34. The minimum absolute atomic E-state index is 0.0556. The average molecular weight is 474 g/mol. The number of sulfonamides is 1. The number of carbonyl (C=O) groups is 3. The summed E-state index contributed by atoms with van der Waals surface area (Å²) in [5, 5.41) is 4.24. The molecule has 3 amide bonds. The lowest BCUT2D eigenvalue weighted by molar-refractivity contribution is -0.123. The Kier molecular flexibility index (Phi) is 8.57. The molecular formula is C19H24ClN3O7S. The fraction of sp³-hybridized carbons (Fsp3) is 0.421. The molecule has 12 heteroatoms. The maximum atomic E-state index is 13.1. The lowest BCUT2D eigenvalue weighted by atomic mass is 10.2. The van der Waals surface area contributed by atoms with Gasteiger partial charge in [0.25, 0.3) is 5.91 Å². The van der Waals surface area contributed by atoms with Crippen molar-refractivity contribution in [2.24, 2.45) is 0 Å². The van der Waals surface area contributed by atoms with E-state index in [1.165, 1.54) is 22.5 Å². The molecule has 1 aliphatic heterocycles. The van der Waals surface area contributed by atoms with E-state index >= 15 is 0 Å². The third kappa shape index (κ3) is 6.76. The van der Waals surface area contributed by atoms with Crippen LogP contribution in [0, 0.1) is 0 Å². The van der Waals surface area contributed by atoms with Gasteiger partial charge in [0.1, 0.15) is 4.90 Å². The highest BCUT2D eigenvalue weighted by Crippen LogP contribution is 2.28. The van der Waals surface area contributed by atoms with Gasteiger partial charge in [-0.1, -0.05) is 17.7 Å². The van der Waals surface area contributed by atoms with Crippen molar-refractivity contribution in [2.45, 2.75) is 31.0 Å². The van der Waals surface area contributed by atoms with Crippen LogP contribution in [0.1, 0.15) is 24.2 Å². The Morgan fingerprint density at radius 3 is 2.55 bits per heavy atom. The van der Waals surface area contributed by atoms with Gasteiger partial charge < -0.3 is 14.8 Å². The molecule has 2 unspecified atom stereocenters. The van der Waals surface area contributed by atoms with Crippen molar-refractivity contribution in [3.63, 3.8) is 0 Å². The van der Waals surface area contributed by atoms with Gasteiger partial charge in [0.2, 0.25) is 10.0 Å². The van der Waals surface area contributed by atoms with Crippen LogP contribution in [-0.4, -0.2) is 69.1 Å². The third-order valence-corrected chi connectivity index (χ3v) is 6.48. The van der Waals surface area contributed by atoms with Crippen LogP contribution in [0.4, 0.5) is 4.79 Å². The number of ether oxygens (including phenoxy) is 2. The summed E-state index contributed by atoms with van der Waals surface area (Å²) >= 11 is 6.10. The van der Waals surface area contributed by atoms with Crippen LogP contribution in [0.15, 0.2) is 35.7 Å². The summed E-state index contributed by atoms with van der Waals surface area (Å²) in [6.45, 7) is 6.65. The predicted molar refractivity (Wildman–Crippen MR) is 112 cm³/mol. The molecule has 0 radical (unpaired) electrons. The van der Waals surface area contributed by atoms with Gasteiger partial charge in [-0.15, -0.1) is 6.58 Å². The van der Waals surface area contributed by atoms with Crippen molar-refractivity contribution in [3.8, 4) is 0 Å². The third-order valence-electron chi connectivity index (χ3n) is 4.17. The summed E-state index contributed by atoms with van der Waals surface area (Å²) < 4.78 is 37.8. The number of amides is 3. The SMILES string of the molecule is C=CCNC(=O)NC(=O)COC(=O)c1ccc(Cl)c(S(=O)(=O)N2CC(C)OC(C)C2)c1. The smallest absolute Gasteiger partial charge is 0.338 e. The van der Waals surface area contributed by atoms with E-state index in [0.717, 1.165) is 6.07 Å². The second-order valence-corrected chi connectivity index (χ2v) is 9.16. The summed E-state index contributed by atoms with van der Waals surface area (Å²) in [5.74, 6) is -1.80. The number of benzene rings is 1. The lowest BCUT2D eigenvalue weighted by Gasteiger charge is -2.34. The fourth-order valence-electron chi connectivity index (χ4n) is 2.88. The van der Waals surface area contributed by atoms with Crippen LogP contribution in [0.3, 0.4) is 0 Å². The first kappa shape index (κ1) is 24.8. The molecule has 0 bridgehead atoms. The van der Waals surface area contributed by atoms with E-state index in [1.807, 2.05) is 5.32 Å². The Balaban J connectivity index is 2.09. The highest BCUT2D eigenvalue weighted by molar-refractivity contribution is 7.89. The van der Waals surface area contributed by atoms with E-state index in [0.29, 0.717) is 0 Å². The normalized spacial score (nSPS) is 19.3. The number of carbonyl (C=O) groups excluding carboxylic acids is 3. The predicted octanol–water partition coefficient (Wildman–Crippen LogP) is 1.31. The first-order valence-corrected chi connectivity index (χ1v) is 11.2. The van der Waals surface area contributed by atoms with Crippen LogP contribution in [0.5, 0.6) is 0 Å². The van der Waals surface area contributed by atoms with Gasteiger partial charge in [0, 0.05) is 19.6 Å². The second kappa shape index (κ2) is 10.7. The standard InChI is InChI=1S/C19H24ClN3O7S/c1-4-7-21-19(26)22-17(24)11-29-18(25)14-5-6-15(20)16(8-14)31(27,28)23-9-12(2)30-13(3)10-23/h4-6,8,12-13H,1,7,9-11H2,2-3H3,(H2,21,22,24,26). The van der Waals surface area contributed by atoms with Crippen molar-refractivity contribution < 1.29 is 32.3 Å². The van der Waals surface area contributed by atoms with Crippen molar-refractivity contribution in [2.75, 3.05) is 26.2 Å². The Morgan fingerprint density at radius 1 is 1.29 bits per heavy atom. The molecule has 1 fully saturated rings. The van der Waals surface area contributed by atoms with Crippen LogP contribution in [-0.2, 0) is 24.3 Å². The summed E-state index contributed by atoms with van der Waals surface area (Å²) in [7, 11) is -4.00. The lowest BCUT2D eigenvalue weighted by Crippen LogP contribution is -2.48. The molecule has 2 atom stereocenters. The molecule has 170 valence electrons. The molecule has 10 nitrogen and oxygen atoms in total. The zero-order valence-corrected chi connectivity index (χ0v) is 18.7. The topological polar surface area (TPSA) is 131 Å². The molecule has 1 aromatic rings. The average Bonchev–Trinajstić information content (AvgIpc) is 2.70. The molecule has 31 heavy (non-hydrogen) atoms. The molecule has 1 saturated heterocycles. The van der Waals surface area contributed by atoms with Crippen LogP contribution in [0.2, 0.25) is 5.02 Å². The minimum atomic E-state index is -4.00. The maximum Gasteiger partial charge on any atom is 0.338 e. The number of hydrogen-bond acceptors (Lipinski definition) is 7. The largest absolute Gasteiger partial charge is 0.452 e. The molecular weight excluding hydrogens is 450 g/mol. The van der Waals surface area contributed by atoms with E-state index in [4.69, 9.17) is 21.1 Å². The number of halogens is 1. The van der Waals surface area contributed by atoms with Gasteiger partial charge in [-0.2, -0.15) is 4.31 Å². The van der Waals surface area contributed by atoms with E-state index in [1.54, 1.807) is 13.8 Å². The molecule has 1 aliphatic rings. The molecule has 1 aromatic carbocycles. The molecule has 0 saturated carbocycles. The highest BCUT2D eigenvalue weighted by atomic mass is 35.5. The number of urea groups is 1. The summed E-state index contributed by atoms with van der Waals surface area (Å²) in [6, 6.07) is 2.87. The number of hydrogen-bond donors (Lipinski definition) is 2. The van der Waals surface area contributed by atoms with E-state index in [-0.39, 0.29) is 47.3 Å². The number of morpholine rings is 1. The Morgan fingerprint density at radius 2 is 1.94 bits per heavy atom. The Labute approximate surface area is 185 Å². The van der Waals surface area contributed by atoms with Gasteiger partial charge >= 0.3 is 12.0 Å². The van der Waals surface area contributed by atoms with Crippen molar-refractivity contribution in [1.82, 2.24) is 14.9 Å². The molecule has 2 rings (SSSR count). The van der Waals surface area contributed by atoms with Crippen molar-refractivity contribution in [1.29, 1.82) is 0 Å². The summed E-state index contributed by atoms with van der Waals surface area (Å²) in [6.07, 6.45) is 0.828. The quantitative estimate of drug-likeness (QED) is 0.450. The van der Waals surface area contributed by atoms with Gasteiger partial charge in [0.15, 0.2) is 6.61 Å². The summed E-state index contributed by atoms with van der Waals surface area (Å²) in [4.78, 5) is 35.1. The van der Waals surface area contributed by atoms with E-state index in [9.17, 15) is 22.8 Å². The van der Waals surface area contributed by atoms with Gasteiger partial charge in [-0.3, -0.25) is 10.1 Å². The minimum Gasteiger partial charge on any atom is -0.452 e. The number of nitrogens with zero attached hydrogens (tertiary/aromatic N) is 1. The second-order valence-electron chi connectivity index (χ2n) is 6.85. The Hall–Kier alpha value is -2.47. The molecule has 0 aliphatic carbocycles. The van der Waals surface area contributed by atoms with Crippen LogP contribution < -0.4 is 10.6 Å². The van der Waals surface area contributed by atoms with Crippen molar-refractivity contribution >= 4 is 39.5 Å². The molecule has 0 spiro atoms. The first-order chi connectivity index (χ1) is 14.5. The zero-order valence-electron chi connectivity index (χ0n) is 17.1. The fourth-order valence-corrected chi connectivity index (χ4v) is 4.97. The summed E-state index contributed by atoms with van der Waals surface area (Å²) in [5.41, 5.74) is -0.110. The van der Waals surface area contributed by atoms with Gasteiger partial charge in [0.05, 0.1) is 22.8 Å². The number of imide groups is 1. The monoisotopic (exact) mass is 473 g/mol. The van der Waals surface area contributed by atoms with Gasteiger partial charge in [-0.25, -0.2) is 18.0 Å². The Bertz CT molecular complexity index is 957. The first-order valence-electron chi connectivity index (χ1n) is 9.35. The number of rotatable bonds is 7.